The molecule has 2 aromatic carbocycles. The van der Waals surface area contributed by atoms with E-state index in [-0.39, 0.29) is 51.2 Å². The number of hydrogen-bond acceptors (Lipinski definition) is 18. The number of aromatic nitrogens is 8. The van der Waals surface area contributed by atoms with E-state index < -0.39 is 32.2 Å². The van der Waals surface area contributed by atoms with Gasteiger partial charge in [-0.25, -0.2) is 41.0 Å². The Bertz CT molecular complexity index is 3470. The van der Waals surface area contributed by atoms with Crippen molar-refractivity contribution < 1.29 is 64.3 Å². The number of fused-ring (bicyclic) bond motifs is 2. The van der Waals surface area contributed by atoms with Gasteiger partial charge < -0.3 is 49.7 Å². The number of benzene rings is 2. The number of sulfonamides is 2. The summed E-state index contributed by atoms with van der Waals surface area (Å²) < 4.78 is 109. The number of H-pyrrole nitrogens is 2. The summed E-state index contributed by atoms with van der Waals surface area (Å²) in [4.78, 5) is 51.9. The average Bonchev–Trinajstić information content (AvgIpc) is 2.19. The van der Waals surface area contributed by atoms with Crippen LogP contribution in [-0.4, -0.2) is 178 Å². The third-order valence-corrected chi connectivity index (χ3v) is 16.6. The molecule has 9 rings (SSSR count). The first kappa shape index (κ1) is 69.9. The van der Waals surface area contributed by atoms with Crippen molar-refractivity contribution in [1.29, 1.82) is 0 Å². The number of carbonyl (C=O) groups is 1. The van der Waals surface area contributed by atoms with Crippen molar-refractivity contribution in [2.75, 3.05) is 77.7 Å². The van der Waals surface area contributed by atoms with Crippen molar-refractivity contribution in [3.63, 3.8) is 0 Å². The molecule has 472 valence electrons. The Kier molecular flexibility index (Phi) is 27.4. The van der Waals surface area contributed by atoms with E-state index in [9.17, 15) is 39.6 Å². The van der Waals surface area contributed by atoms with Gasteiger partial charge in [-0.1, -0.05) is 42.6 Å². The van der Waals surface area contributed by atoms with Crippen LogP contribution >= 0.6 is 15.9 Å². The van der Waals surface area contributed by atoms with Crippen LogP contribution in [-0.2, 0) is 56.5 Å². The molecule has 0 unspecified atom stereocenters. The Balaban J connectivity index is 0.000000242. The molecule has 6 aromatic rings. The van der Waals surface area contributed by atoms with Crippen LogP contribution < -0.4 is 35.4 Å². The Morgan fingerprint density at radius 2 is 1.16 bits per heavy atom. The van der Waals surface area contributed by atoms with Gasteiger partial charge in [0.25, 0.3) is 11.1 Å². The summed E-state index contributed by atoms with van der Waals surface area (Å²) >= 11 is 3.24. The van der Waals surface area contributed by atoms with E-state index in [2.05, 4.69) is 65.7 Å². The lowest BCUT2D eigenvalue weighted by atomic mass is 10.1. The first-order chi connectivity index (χ1) is 40.5. The molecule has 0 bridgehead atoms. The van der Waals surface area contributed by atoms with Crippen LogP contribution in [0.25, 0.3) is 44.8 Å². The van der Waals surface area contributed by atoms with Gasteiger partial charge in [-0.15, -0.1) is 0 Å². The van der Waals surface area contributed by atoms with E-state index in [1.807, 2.05) is 27.7 Å². The molecule has 3 aliphatic heterocycles. The van der Waals surface area contributed by atoms with Crippen LogP contribution in [0.2, 0.25) is 0 Å². The van der Waals surface area contributed by atoms with Gasteiger partial charge in [-0.2, -0.15) is 23.4 Å². The van der Waals surface area contributed by atoms with Crippen molar-refractivity contribution in [3.8, 4) is 34.3 Å². The van der Waals surface area contributed by atoms with Crippen LogP contribution in [0.3, 0.4) is 0 Å². The van der Waals surface area contributed by atoms with Crippen molar-refractivity contribution >= 4 is 64.0 Å². The number of aliphatic hydroxyl groups is 2. The van der Waals surface area contributed by atoms with Crippen LogP contribution in [0, 0.1) is 0 Å². The zero-order valence-electron chi connectivity index (χ0n) is 48.6. The molecule has 3 aliphatic rings. The van der Waals surface area contributed by atoms with Gasteiger partial charge in [-0.05, 0) is 108 Å². The fraction of sp³-hybridized carbons (Fsp3) is 0.574. The highest BCUT2D eigenvalue weighted by atomic mass is 79.9. The summed E-state index contributed by atoms with van der Waals surface area (Å²) in [6.45, 7) is 14.2. The molecule has 8 N–H and O–H groups in total. The normalized spacial score (nSPS) is 14.6. The molecular formula is C54H78BrF3N12O13S2. The molecule has 31 heteroatoms. The number of hydrogen-bond donors (Lipinski definition) is 8. The summed E-state index contributed by atoms with van der Waals surface area (Å²) in [5.74, 6) is -1.41. The highest BCUT2D eigenvalue weighted by molar-refractivity contribution is 9.09. The summed E-state index contributed by atoms with van der Waals surface area (Å²) in [5, 5.41) is 37.1. The van der Waals surface area contributed by atoms with Crippen molar-refractivity contribution in [1.82, 2.24) is 59.2 Å². The van der Waals surface area contributed by atoms with E-state index in [4.69, 9.17) is 34.3 Å². The molecule has 0 radical (unpaired) electrons. The van der Waals surface area contributed by atoms with E-state index in [1.165, 1.54) is 46.5 Å². The minimum atomic E-state index is -5.08. The first-order valence-corrected chi connectivity index (χ1v) is 32.1. The fourth-order valence-corrected chi connectivity index (χ4v) is 11.7. The molecule has 0 spiro atoms. The zero-order valence-corrected chi connectivity index (χ0v) is 51.8. The quantitative estimate of drug-likeness (QED) is 0.0312. The van der Waals surface area contributed by atoms with Gasteiger partial charge in [0.1, 0.15) is 34.2 Å². The molecule has 7 heterocycles. The maximum Gasteiger partial charge on any atom is 0.490 e. The van der Waals surface area contributed by atoms with Gasteiger partial charge in [-0.3, -0.25) is 19.0 Å². The number of aromatic amines is 2. The molecule has 3 fully saturated rings. The topological polar surface area (TPSA) is 340 Å². The van der Waals surface area contributed by atoms with E-state index in [0.29, 0.717) is 104 Å². The Hall–Kier alpha value is -5.90. The summed E-state index contributed by atoms with van der Waals surface area (Å²) in [7, 11) is -4.12. The fourth-order valence-electron chi connectivity index (χ4n) is 8.78. The van der Waals surface area contributed by atoms with E-state index >= 15 is 0 Å². The number of ether oxygens (including phenoxy) is 3. The second-order valence-electron chi connectivity index (χ2n) is 19.8. The minimum Gasteiger partial charge on any atom is -0.493 e. The van der Waals surface area contributed by atoms with Crippen LogP contribution in [0.1, 0.15) is 90.4 Å². The van der Waals surface area contributed by atoms with Gasteiger partial charge in [0.15, 0.2) is 11.0 Å². The molecule has 0 saturated carbocycles. The van der Waals surface area contributed by atoms with E-state index in [0.717, 1.165) is 75.0 Å². The number of aliphatic hydroxyl groups excluding tert-OH is 2. The van der Waals surface area contributed by atoms with Crippen molar-refractivity contribution in [3.05, 3.63) is 68.5 Å². The number of alkyl halides is 4. The number of nitrogens with one attached hydrogen (secondary N) is 5. The molecule has 4 aromatic heterocycles. The molecule has 0 amide bonds. The number of likely N-dealkylation sites (tertiary alicyclic amines) is 1. The maximum atomic E-state index is 13.2. The van der Waals surface area contributed by atoms with Gasteiger partial charge >= 0.3 is 12.1 Å². The number of carboxylic acids is 1. The molecule has 0 aliphatic carbocycles. The first-order valence-electron chi connectivity index (χ1n) is 28.1. The smallest absolute Gasteiger partial charge is 0.490 e. The summed E-state index contributed by atoms with van der Waals surface area (Å²) in [6.07, 6.45) is 4.14. The average molecular weight is 1300 g/mol. The predicted molar refractivity (Wildman–Crippen MR) is 317 cm³/mol. The van der Waals surface area contributed by atoms with Crippen LogP contribution in [0.4, 0.5) is 13.2 Å². The highest BCUT2D eigenvalue weighted by Gasteiger charge is 2.38. The molecule has 25 nitrogen and oxygen atoms in total. The summed E-state index contributed by atoms with van der Waals surface area (Å²) in [5.41, 5.74) is 3.33. The number of carboxylic acid groups (broad SMARTS) is 1. The zero-order chi connectivity index (χ0) is 62.5. The lowest BCUT2D eigenvalue weighted by Crippen LogP contribution is -2.59. The molecule has 0 atom stereocenters. The minimum absolute atomic E-state index is 0.0717. The number of halogens is 4. The number of aliphatic carboxylic acids is 1. The predicted octanol–water partition coefficient (Wildman–Crippen LogP) is 4.92. The standard InChI is InChI=1S/C24H34N6O5S.C20H26N6O4S.C4H9BrO.C4H8O.C2HF3O2/c1-4-8-19-21-22(29(3)27-19)24(32)26-23(25-21)18-13-17(9-10-20(18)35-5-2)36(33,34)28-16-14-30(15-16)11-6-7-12-31;1-4-6-15-17-18(26(3)24-15)20(27)23-19(22-17)14-9-13(7-8-16(14)30-5-2)31(28,29)25-12-10-21-11-12;5-3-1-2-4-6;1-2-4-5-3-1;3-2(4,5)1(6)7/h9-10,13,16,28,31H,4-8,11-12,14-15H2,1-3H3,(H,25,26,32);7-9,12,21,25H,4-6,10-11H2,1-3H3,(H,22,23,27);6H,1-4H2;1-4H2;(H,6,7). The highest BCUT2D eigenvalue weighted by Crippen LogP contribution is 2.33. The second-order valence-corrected chi connectivity index (χ2v) is 24.0. The SMILES string of the molecule is C1CCOC1.CCCc1nn(C)c2c(=O)[nH]c(-c3cc(S(=O)(=O)NC4CN(CCCCO)C4)ccc3OCC)nc12.CCCc1nn(C)c2c(=O)[nH]c(-c3cc(S(=O)(=O)NC4CNC4)ccc3OCC)nc12.O=C(O)C(F)(F)F.OCCCCBr. The number of nitrogens with zero attached hydrogens (tertiary/aromatic N) is 7. The van der Waals surface area contributed by atoms with Gasteiger partial charge in [0.2, 0.25) is 20.0 Å². The maximum absolute atomic E-state index is 13.2. The second kappa shape index (κ2) is 33.3. The monoisotopic (exact) mass is 1300 g/mol. The lowest BCUT2D eigenvalue weighted by Gasteiger charge is -2.39. The van der Waals surface area contributed by atoms with Gasteiger partial charge in [0, 0.05) is 84.1 Å². The van der Waals surface area contributed by atoms with Crippen LogP contribution in [0.15, 0.2) is 55.8 Å². The number of rotatable bonds is 23. The van der Waals surface area contributed by atoms with Gasteiger partial charge in [0.05, 0.1) is 45.5 Å². The van der Waals surface area contributed by atoms with Crippen molar-refractivity contribution in [2.24, 2.45) is 14.1 Å². The Morgan fingerprint density at radius 3 is 1.51 bits per heavy atom. The third-order valence-electron chi connectivity index (χ3n) is 13.0. The largest absolute Gasteiger partial charge is 0.493 e. The van der Waals surface area contributed by atoms with E-state index in [1.54, 1.807) is 26.2 Å². The Labute approximate surface area is 499 Å². The molecule has 3 saturated heterocycles. The number of unbranched alkanes of at least 4 members (excludes halogenated alkanes) is 2. The van der Waals surface area contributed by atoms with Crippen LogP contribution in [0.5, 0.6) is 11.5 Å². The molecule has 85 heavy (non-hydrogen) atoms. The number of aryl methyl sites for hydroxylation is 4. The Morgan fingerprint density at radius 1 is 0.729 bits per heavy atom. The summed E-state index contributed by atoms with van der Waals surface area (Å²) in [6, 6.07) is 8.83. The lowest BCUT2D eigenvalue weighted by molar-refractivity contribution is -0.192. The molecular weight excluding hydrogens is 1230 g/mol. The third kappa shape index (κ3) is 19.8. The van der Waals surface area contributed by atoms with Crippen molar-refractivity contribution in [2.45, 2.75) is 120 Å².